The molecule has 0 spiro atoms. The van der Waals surface area contributed by atoms with Crippen molar-refractivity contribution in [1.82, 2.24) is 10.6 Å². The highest BCUT2D eigenvalue weighted by atomic mass is 16.5. The molecule has 1 aromatic rings. The first kappa shape index (κ1) is 16.9. The Kier molecular flexibility index (Phi) is 6.36. The van der Waals surface area contributed by atoms with Crippen molar-refractivity contribution in [3.8, 4) is 0 Å². The van der Waals surface area contributed by atoms with Crippen LogP contribution >= 0.6 is 0 Å². The van der Waals surface area contributed by atoms with Crippen LogP contribution in [0.4, 0.5) is 5.69 Å². The molecule has 1 aliphatic heterocycles. The Labute approximate surface area is 132 Å². The molecule has 0 aliphatic carbocycles. The van der Waals surface area contributed by atoms with Gasteiger partial charge in [0.1, 0.15) is 0 Å². The van der Waals surface area contributed by atoms with E-state index in [0.717, 1.165) is 44.7 Å². The molecular formula is C17H27N3O2. The third-order valence-electron chi connectivity index (χ3n) is 4.23. The lowest BCUT2D eigenvalue weighted by Gasteiger charge is -2.35. The van der Waals surface area contributed by atoms with Crippen LogP contribution in [0.1, 0.15) is 25.3 Å². The van der Waals surface area contributed by atoms with Crippen LogP contribution in [-0.2, 0) is 16.1 Å². The van der Waals surface area contributed by atoms with E-state index in [0.29, 0.717) is 6.61 Å². The van der Waals surface area contributed by atoms with E-state index in [2.05, 4.69) is 28.9 Å². The summed E-state index contributed by atoms with van der Waals surface area (Å²) < 4.78 is 5.32. The normalized spacial score (nSPS) is 17.2. The summed E-state index contributed by atoms with van der Waals surface area (Å²) in [5.41, 5.74) is 1.61. The van der Waals surface area contributed by atoms with Crippen molar-refractivity contribution in [3.05, 3.63) is 29.8 Å². The zero-order valence-electron chi connectivity index (χ0n) is 13.6. The topological polar surface area (TPSA) is 62.4 Å². The highest BCUT2D eigenvalue weighted by Crippen LogP contribution is 2.31. The quantitative estimate of drug-likeness (QED) is 0.718. The van der Waals surface area contributed by atoms with Gasteiger partial charge in [0, 0.05) is 19.3 Å². The van der Waals surface area contributed by atoms with Gasteiger partial charge in [-0.05, 0) is 50.2 Å². The number of benzene rings is 1. The fraction of sp³-hybridized carbons (Fsp3) is 0.588. The first-order valence-electron chi connectivity index (χ1n) is 8.01. The summed E-state index contributed by atoms with van der Waals surface area (Å²) in [6, 6.07) is 8.01. The molecule has 2 rings (SSSR count). The number of nitrogens with one attached hydrogen (secondary N) is 3. The second-order valence-electron chi connectivity index (χ2n) is 5.90. The van der Waals surface area contributed by atoms with Crippen molar-refractivity contribution in [2.24, 2.45) is 5.41 Å². The van der Waals surface area contributed by atoms with Crippen LogP contribution in [0.2, 0.25) is 0 Å². The van der Waals surface area contributed by atoms with E-state index in [9.17, 15) is 4.79 Å². The summed E-state index contributed by atoms with van der Waals surface area (Å²) in [4.78, 5) is 12.8. The smallest absolute Gasteiger partial charge is 0.233 e. The minimum Gasteiger partial charge on any atom is -0.384 e. The van der Waals surface area contributed by atoms with Gasteiger partial charge < -0.3 is 20.7 Å². The Hall–Kier alpha value is -1.43. The fourth-order valence-electron chi connectivity index (χ4n) is 2.91. The minimum absolute atomic E-state index is 0.0662. The van der Waals surface area contributed by atoms with Crippen molar-refractivity contribution in [1.29, 1.82) is 0 Å². The Morgan fingerprint density at radius 1 is 1.36 bits per heavy atom. The zero-order valence-corrected chi connectivity index (χ0v) is 13.6. The maximum Gasteiger partial charge on any atom is 0.233 e. The van der Waals surface area contributed by atoms with Crippen molar-refractivity contribution >= 4 is 11.6 Å². The molecule has 1 amide bonds. The van der Waals surface area contributed by atoms with E-state index in [1.54, 1.807) is 7.11 Å². The van der Waals surface area contributed by atoms with Crippen LogP contribution in [-0.4, -0.2) is 39.3 Å². The SMILES string of the molecule is CCNCc1cccc(NC(=O)C2(COC)CCNCC2)c1. The summed E-state index contributed by atoms with van der Waals surface area (Å²) in [5.74, 6) is 0.0662. The van der Waals surface area contributed by atoms with Crippen LogP contribution in [0.25, 0.3) is 0 Å². The molecule has 3 N–H and O–H groups in total. The van der Waals surface area contributed by atoms with Crippen molar-refractivity contribution in [3.63, 3.8) is 0 Å². The molecule has 1 aromatic carbocycles. The lowest BCUT2D eigenvalue weighted by atomic mass is 9.78. The average molecular weight is 305 g/mol. The van der Waals surface area contributed by atoms with Crippen molar-refractivity contribution in [2.75, 3.05) is 38.7 Å². The molecular weight excluding hydrogens is 278 g/mol. The molecule has 0 radical (unpaired) electrons. The van der Waals surface area contributed by atoms with Gasteiger partial charge in [-0.25, -0.2) is 0 Å². The number of carbonyl (C=O) groups is 1. The molecule has 0 unspecified atom stereocenters. The monoisotopic (exact) mass is 305 g/mol. The molecule has 0 atom stereocenters. The summed E-state index contributed by atoms with van der Waals surface area (Å²) in [6.45, 7) is 6.01. The second-order valence-corrected chi connectivity index (χ2v) is 5.90. The lowest BCUT2D eigenvalue weighted by molar-refractivity contribution is -0.130. The third-order valence-corrected chi connectivity index (χ3v) is 4.23. The highest BCUT2D eigenvalue weighted by Gasteiger charge is 2.39. The van der Waals surface area contributed by atoms with Gasteiger partial charge in [-0.3, -0.25) is 4.79 Å². The molecule has 22 heavy (non-hydrogen) atoms. The first-order chi connectivity index (χ1) is 10.7. The van der Waals surface area contributed by atoms with Gasteiger partial charge in [0.15, 0.2) is 0 Å². The molecule has 1 heterocycles. The number of piperidine rings is 1. The largest absolute Gasteiger partial charge is 0.384 e. The summed E-state index contributed by atoms with van der Waals surface area (Å²) in [6.07, 6.45) is 1.62. The fourth-order valence-corrected chi connectivity index (χ4v) is 2.91. The first-order valence-corrected chi connectivity index (χ1v) is 8.01. The van der Waals surface area contributed by atoms with E-state index >= 15 is 0 Å². The number of hydrogen-bond acceptors (Lipinski definition) is 4. The number of anilines is 1. The summed E-state index contributed by atoms with van der Waals surface area (Å²) >= 11 is 0. The molecule has 5 heteroatoms. The molecule has 0 bridgehead atoms. The Morgan fingerprint density at radius 2 is 2.14 bits per heavy atom. The van der Waals surface area contributed by atoms with Gasteiger partial charge in [-0.1, -0.05) is 19.1 Å². The zero-order chi connectivity index (χ0) is 15.8. The Morgan fingerprint density at radius 3 is 2.82 bits per heavy atom. The van der Waals surface area contributed by atoms with Gasteiger partial charge in [0.2, 0.25) is 5.91 Å². The maximum atomic E-state index is 12.8. The number of amides is 1. The van der Waals surface area contributed by atoms with E-state index in [-0.39, 0.29) is 5.91 Å². The average Bonchev–Trinajstić information content (AvgIpc) is 2.54. The van der Waals surface area contributed by atoms with Crippen LogP contribution in [0, 0.1) is 5.41 Å². The highest BCUT2D eigenvalue weighted by molar-refractivity contribution is 5.95. The molecule has 122 valence electrons. The van der Waals surface area contributed by atoms with Crippen LogP contribution in [0.5, 0.6) is 0 Å². The molecule has 0 saturated carbocycles. The number of ether oxygens (including phenoxy) is 1. The van der Waals surface area contributed by atoms with Crippen molar-refractivity contribution in [2.45, 2.75) is 26.3 Å². The van der Waals surface area contributed by atoms with Crippen LogP contribution in [0.3, 0.4) is 0 Å². The van der Waals surface area contributed by atoms with Gasteiger partial charge in [-0.2, -0.15) is 0 Å². The minimum atomic E-state index is -0.419. The van der Waals surface area contributed by atoms with E-state index in [1.165, 1.54) is 5.56 Å². The van der Waals surface area contributed by atoms with Gasteiger partial charge in [-0.15, -0.1) is 0 Å². The number of rotatable bonds is 7. The van der Waals surface area contributed by atoms with Crippen LogP contribution < -0.4 is 16.0 Å². The predicted octanol–water partition coefficient (Wildman–Crippen LogP) is 1.75. The second kappa shape index (κ2) is 8.27. The van der Waals surface area contributed by atoms with Gasteiger partial charge in [0.25, 0.3) is 0 Å². The molecule has 1 fully saturated rings. The molecule has 1 aliphatic rings. The molecule has 1 saturated heterocycles. The van der Waals surface area contributed by atoms with Crippen molar-refractivity contribution < 1.29 is 9.53 Å². The van der Waals surface area contributed by atoms with E-state index in [1.807, 2.05) is 18.2 Å². The van der Waals surface area contributed by atoms with E-state index in [4.69, 9.17) is 4.74 Å². The van der Waals surface area contributed by atoms with E-state index < -0.39 is 5.41 Å². The molecule has 5 nitrogen and oxygen atoms in total. The number of hydrogen-bond donors (Lipinski definition) is 3. The number of methoxy groups -OCH3 is 1. The maximum absolute atomic E-state index is 12.8. The van der Waals surface area contributed by atoms with Gasteiger partial charge >= 0.3 is 0 Å². The lowest BCUT2D eigenvalue weighted by Crippen LogP contribution is -2.47. The van der Waals surface area contributed by atoms with Crippen LogP contribution in [0.15, 0.2) is 24.3 Å². The summed E-state index contributed by atoms with van der Waals surface area (Å²) in [7, 11) is 1.66. The summed E-state index contributed by atoms with van der Waals surface area (Å²) in [5, 5.41) is 9.68. The Balaban J connectivity index is 2.06. The Bertz CT molecular complexity index is 479. The van der Waals surface area contributed by atoms with Gasteiger partial charge in [0.05, 0.1) is 12.0 Å². The third kappa shape index (κ3) is 4.29. The molecule has 0 aromatic heterocycles. The number of carbonyl (C=O) groups excluding carboxylic acids is 1. The predicted molar refractivity (Wildman–Crippen MR) is 88.9 cm³/mol. The standard InChI is InChI=1S/C17H27N3O2/c1-3-18-12-14-5-4-6-15(11-14)20-16(21)17(13-22-2)7-9-19-10-8-17/h4-6,11,18-19H,3,7-10,12-13H2,1-2H3,(H,20,21).